The van der Waals surface area contributed by atoms with E-state index in [0.717, 1.165) is 62.4 Å². The molecule has 4 heteroatoms. The number of hydrogen-bond acceptors (Lipinski definition) is 4. The maximum Gasteiger partial charge on any atom is 0.195 e. The van der Waals surface area contributed by atoms with Crippen LogP contribution in [0.3, 0.4) is 0 Å². The molecule has 1 saturated heterocycles. The molecule has 2 heterocycles. The van der Waals surface area contributed by atoms with Crippen LogP contribution in [0.4, 0.5) is 5.69 Å². The molecule has 0 unspecified atom stereocenters. The van der Waals surface area contributed by atoms with Crippen molar-refractivity contribution in [2.75, 3.05) is 31.1 Å². The molecule has 0 bridgehead atoms. The fourth-order valence-corrected chi connectivity index (χ4v) is 2.84. The number of oxazole rings is 1. The third-order valence-electron chi connectivity index (χ3n) is 3.87. The smallest absolute Gasteiger partial charge is 0.195 e. The Labute approximate surface area is 120 Å². The van der Waals surface area contributed by atoms with E-state index in [4.69, 9.17) is 4.42 Å². The van der Waals surface area contributed by atoms with Crippen LogP contribution in [0.15, 0.2) is 16.5 Å². The lowest BCUT2D eigenvalue weighted by molar-refractivity contribution is 0.533. The van der Waals surface area contributed by atoms with Crippen LogP contribution in [-0.4, -0.2) is 31.2 Å². The molecule has 0 atom stereocenters. The van der Waals surface area contributed by atoms with Gasteiger partial charge in [0.1, 0.15) is 5.52 Å². The molecule has 0 saturated carbocycles. The lowest BCUT2D eigenvalue weighted by Gasteiger charge is -2.29. The number of aryl methyl sites for hydroxylation is 2. The molecule has 0 spiro atoms. The van der Waals surface area contributed by atoms with Gasteiger partial charge in [0.25, 0.3) is 0 Å². The van der Waals surface area contributed by atoms with E-state index in [9.17, 15) is 0 Å². The van der Waals surface area contributed by atoms with Crippen LogP contribution in [0, 0.1) is 0 Å². The summed E-state index contributed by atoms with van der Waals surface area (Å²) >= 11 is 0. The zero-order chi connectivity index (χ0) is 13.9. The molecule has 0 amide bonds. The van der Waals surface area contributed by atoms with Gasteiger partial charge in [0.05, 0.1) is 5.69 Å². The molecule has 1 aromatic carbocycles. The normalized spacial score (nSPS) is 16.0. The van der Waals surface area contributed by atoms with Gasteiger partial charge >= 0.3 is 0 Å². The molecule has 2 aromatic rings. The van der Waals surface area contributed by atoms with Crippen molar-refractivity contribution in [2.24, 2.45) is 0 Å². The predicted molar refractivity (Wildman–Crippen MR) is 82.5 cm³/mol. The number of hydrogen-bond donors (Lipinski definition) is 1. The van der Waals surface area contributed by atoms with Crippen LogP contribution < -0.4 is 10.2 Å². The Morgan fingerprint density at radius 3 is 2.75 bits per heavy atom. The van der Waals surface area contributed by atoms with Crippen LogP contribution in [0.5, 0.6) is 0 Å². The average Bonchev–Trinajstić information content (AvgIpc) is 2.91. The third-order valence-corrected chi connectivity index (χ3v) is 3.87. The van der Waals surface area contributed by atoms with Gasteiger partial charge < -0.3 is 14.6 Å². The van der Waals surface area contributed by atoms with Crippen molar-refractivity contribution in [1.82, 2.24) is 10.3 Å². The highest BCUT2D eigenvalue weighted by Crippen LogP contribution is 2.30. The minimum absolute atomic E-state index is 0.838. The van der Waals surface area contributed by atoms with Crippen LogP contribution in [0.2, 0.25) is 0 Å². The quantitative estimate of drug-likeness (QED) is 0.930. The zero-order valence-electron chi connectivity index (χ0n) is 12.4. The highest BCUT2D eigenvalue weighted by molar-refractivity contribution is 5.88. The number of fused-ring (bicyclic) bond motifs is 1. The van der Waals surface area contributed by atoms with Gasteiger partial charge in [-0.25, -0.2) is 4.98 Å². The van der Waals surface area contributed by atoms with Gasteiger partial charge in [0.15, 0.2) is 11.5 Å². The second kappa shape index (κ2) is 5.83. The number of nitrogens with zero attached hydrogens (tertiary/aromatic N) is 2. The standard InChI is InChI=1S/C16H23N3O/c1-3-5-12-10-13-16(20-15(4-2)18-13)14(11-12)19-8-6-17-7-9-19/h10-11,17H,3-9H2,1-2H3. The Bertz CT molecular complexity index is 585. The van der Waals surface area contributed by atoms with Crippen molar-refractivity contribution in [3.05, 3.63) is 23.6 Å². The summed E-state index contributed by atoms with van der Waals surface area (Å²) < 4.78 is 5.96. The average molecular weight is 273 g/mol. The summed E-state index contributed by atoms with van der Waals surface area (Å²) in [4.78, 5) is 7.04. The summed E-state index contributed by atoms with van der Waals surface area (Å²) in [6.45, 7) is 8.44. The lowest BCUT2D eigenvalue weighted by Crippen LogP contribution is -2.43. The van der Waals surface area contributed by atoms with E-state index in [-0.39, 0.29) is 0 Å². The number of benzene rings is 1. The molecular weight excluding hydrogens is 250 g/mol. The number of aromatic nitrogens is 1. The fourth-order valence-electron chi connectivity index (χ4n) is 2.84. The van der Waals surface area contributed by atoms with E-state index >= 15 is 0 Å². The summed E-state index contributed by atoms with van der Waals surface area (Å²) in [5.41, 5.74) is 4.56. The lowest BCUT2D eigenvalue weighted by atomic mass is 10.1. The Hall–Kier alpha value is -1.55. The van der Waals surface area contributed by atoms with Crippen molar-refractivity contribution in [2.45, 2.75) is 33.1 Å². The Morgan fingerprint density at radius 2 is 2.05 bits per heavy atom. The fraction of sp³-hybridized carbons (Fsp3) is 0.562. The molecule has 1 aromatic heterocycles. The molecule has 1 N–H and O–H groups in total. The molecule has 1 aliphatic heterocycles. The van der Waals surface area contributed by atoms with E-state index in [0.29, 0.717) is 0 Å². The SMILES string of the molecule is CCCc1cc(N2CCNCC2)c2oc(CC)nc2c1. The number of anilines is 1. The number of piperazine rings is 1. The van der Waals surface area contributed by atoms with E-state index in [1.54, 1.807) is 0 Å². The van der Waals surface area contributed by atoms with Crippen LogP contribution in [0.1, 0.15) is 31.7 Å². The molecule has 4 nitrogen and oxygen atoms in total. The Kier molecular flexibility index (Phi) is 3.92. The van der Waals surface area contributed by atoms with Gasteiger partial charge in [-0.15, -0.1) is 0 Å². The summed E-state index contributed by atoms with van der Waals surface area (Å²) in [5, 5.41) is 3.40. The molecule has 20 heavy (non-hydrogen) atoms. The number of nitrogens with one attached hydrogen (secondary N) is 1. The summed E-state index contributed by atoms with van der Waals surface area (Å²) in [5.74, 6) is 0.838. The molecule has 3 rings (SSSR count). The predicted octanol–water partition coefficient (Wildman–Crippen LogP) is 2.75. The first-order valence-electron chi connectivity index (χ1n) is 7.69. The molecule has 0 aliphatic carbocycles. The molecule has 0 radical (unpaired) electrons. The maximum absolute atomic E-state index is 5.96. The van der Waals surface area contributed by atoms with Crippen LogP contribution >= 0.6 is 0 Å². The molecule has 1 aliphatic rings. The minimum atomic E-state index is 0.838. The summed E-state index contributed by atoms with van der Waals surface area (Å²) in [6.07, 6.45) is 3.10. The topological polar surface area (TPSA) is 41.3 Å². The van der Waals surface area contributed by atoms with Gasteiger partial charge in [-0.1, -0.05) is 20.3 Å². The summed E-state index contributed by atoms with van der Waals surface area (Å²) in [6, 6.07) is 4.48. The Morgan fingerprint density at radius 1 is 1.25 bits per heavy atom. The van der Waals surface area contributed by atoms with Crippen molar-refractivity contribution in [1.29, 1.82) is 0 Å². The number of rotatable bonds is 4. The molecular formula is C16H23N3O. The second-order valence-electron chi connectivity index (χ2n) is 5.41. The molecule has 108 valence electrons. The highest BCUT2D eigenvalue weighted by Gasteiger charge is 2.18. The van der Waals surface area contributed by atoms with Gasteiger partial charge in [-0.05, 0) is 24.1 Å². The van der Waals surface area contributed by atoms with Gasteiger partial charge in [-0.3, -0.25) is 0 Å². The van der Waals surface area contributed by atoms with Gasteiger partial charge in [0, 0.05) is 32.6 Å². The van der Waals surface area contributed by atoms with Crippen LogP contribution in [-0.2, 0) is 12.8 Å². The van der Waals surface area contributed by atoms with Gasteiger partial charge in [-0.2, -0.15) is 0 Å². The van der Waals surface area contributed by atoms with Gasteiger partial charge in [0.2, 0.25) is 0 Å². The highest BCUT2D eigenvalue weighted by atomic mass is 16.3. The van der Waals surface area contributed by atoms with E-state index in [2.05, 4.69) is 41.2 Å². The first-order chi connectivity index (χ1) is 9.81. The van der Waals surface area contributed by atoms with Crippen molar-refractivity contribution in [3.63, 3.8) is 0 Å². The van der Waals surface area contributed by atoms with E-state index < -0.39 is 0 Å². The first-order valence-corrected chi connectivity index (χ1v) is 7.69. The van der Waals surface area contributed by atoms with Crippen LogP contribution in [0.25, 0.3) is 11.1 Å². The van der Waals surface area contributed by atoms with E-state index in [1.807, 2.05) is 0 Å². The summed E-state index contributed by atoms with van der Waals surface area (Å²) in [7, 11) is 0. The minimum Gasteiger partial charge on any atom is -0.439 e. The zero-order valence-corrected chi connectivity index (χ0v) is 12.4. The largest absolute Gasteiger partial charge is 0.439 e. The first kappa shape index (κ1) is 13.4. The maximum atomic E-state index is 5.96. The Balaban J connectivity index is 2.07. The van der Waals surface area contributed by atoms with E-state index in [1.165, 1.54) is 11.3 Å². The second-order valence-corrected chi connectivity index (χ2v) is 5.41. The van der Waals surface area contributed by atoms with Crippen molar-refractivity contribution in [3.8, 4) is 0 Å². The van der Waals surface area contributed by atoms with Crippen molar-refractivity contribution >= 4 is 16.8 Å². The molecule has 1 fully saturated rings. The van der Waals surface area contributed by atoms with Crippen molar-refractivity contribution < 1.29 is 4.42 Å². The monoisotopic (exact) mass is 273 g/mol. The third kappa shape index (κ3) is 2.52.